The number of aryl methyl sites for hydroxylation is 1. The summed E-state index contributed by atoms with van der Waals surface area (Å²) in [5.41, 5.74) is 1.62. The summed E-state index contributed by atoms with van der Waals surface area (Å²) in [6, 6.07) is 20.6. The largest absolute Gasteiger partial charge is 1.00 e. The van der Waals surface area contributed by atoms with Crippen LogP contribution in [-0.2, 0) is 20.2 Å². The fourth-order valence-corrected chi connectivity index (χ4v) is 5.42. The normalized spacial score (nSPS) is 12.0. The summed E-state index contributed by atoms with van der Waals surface area (Å²) >= 11 is 0. The van der Waals surface area contributed by atoms with Crippen molar-refractivity contribution in [2.75, 3.05) is 5.32 Å². The Labute approximate surface area is 289 Å². The van der Waals surface area contributed by atoms with Gasteiger partial charge in [0.05, 0.1) is 43.2 Å². The molecule has 0 saturated heterocycles. The predicted octanol–water partition coefficient (Wildman–Crippen LogP) is 4.49. The molecule has 15 nitrogen and oxygen atoms in total. The monoisotopic (exact) mass is 684 g/mol. The molecule has 0 atom stereocenters. The van der Waals surface area contributed by atoms with Crippen molar-refractivity contribution in [1.82, 2.24) is 0 Å². The van der Waals surface area contributed by atoms with Crippen molar-refractivity contribution in [3.63, 3.8) is 0 Å². The maximum atomic E-state index is 11.9. The van der Waals surface area contributed by atoms with E-state index in [1.165, 1.54) is 54.6 Å². The molecular formula is C29H21N6NaO9S2. The van der Waals surface area contributed by atoms with Crippen LogP contribution in [0.4, 0.5) is 39.8 Å². The minimum atomic E-state index is -5.04. The molecule has 5 rings (SSSR count). The number of non-ortho nitro benzene ring substituents is 1. The van der Waals surface area contributed by atoms with Gasteiger partial charge in [0.15, 0.2) is 0 Å². The molecule has 0 heterocycles. The number of azo groups is 2. The Balaban J connectivity index is 0.00000500. The molecule has 0 fully saturated rings. The Morgan fingerprint density at radius 2 is 1.36 bits per heavy atom. The average molecular weight is 685 g/mol. The second-order valence-electron chi connectivity index (χ2n) is 9.72. The molecule has 0 aliphatic carbocycles. The van der Waals surface area contributed by atoms with Gasteiger partial charge in [-0.3, -0.25) is 14.7 Å². The van der Waals surface area contributed by atoms with E-state index < -0.39 is 35.7 Å². The van der Waals surface area contributed by atoms with Crippen LogP contribution < -0.4 is 34.9 Å². The van der Waals surface area contributed by atoms with Gasteiger partial charge < -0.3 is 15.0 Å². The Bertz CT molecular complexity index is 2300. The van der Waals surface area contributed by atoms with E-state index in [1.54, 1.807) is 25.1 Å². The molecule has 5 aromatic rings. The van der Waals surface area contributed by atoms with Crippen molar-refractivity contribution < 1.29 is 65.5 Å². The molecular weight excluding hydrogens is 663 g/mol. The van der Waals surface area contributed by atoms with Crippen LogP contribution in [0.15, 0.2) is 121 Å². The van der Waals surface area contributed by atoms with Gasteiger partial charge in [-0.1, -0.05) is 6.07 Å². The first-order valence-electron chi connectivity index (χ1n) is 13.0. The molecule has 234 valence electrons. The summed E-state index contributed by atoms with van der Waals surface area (Å²) in [4.78, 5) is 9.04. The van der Waals surface area contributed by atoms with Crippen molar-refractivity contribution in [1.29, 1.82) is 0 Å². The number of nitro groups is 1. The molecule has 5 aromatic carbocycles. The fraction of sp³-hybridized carbons (Fsp3) is 0.0345. The molecule has 0 radical (unpaired) electrons. The van der Waals surface area contributed by atoms with E-state index in [9.17, 15) is 41.2 Å². The van der Waals surface area contributed by atoms with E-state index in [4.69, 9.17) is 0 Å². The zero-order valence-electron chi connectivity index (χ0n) is 24.5. The van der Waals surface area contributed by atoms with Gasteiger partial charge in [0.25, 0.3) is 15.8 Å². The third-order valence-corrected chi connectivity index (χ3v) is 8.28. The van der Waals surface area contributed by atoms with Gasteiger partial charge in [-0.05, 0) is 85.3 Å². The standard InChI is InChI=1S/C29H22N6O9S2.Na/c1-17-14-20(6-13-28(17)36)32-33-25-11-12-26(24-16-22(45(39,40)41)8-9-23(24)25)34-31-19-4-2-18(3-5-19)30-27-10-7-21(35(37)38)15-29(27)46(42,43)44;/h2-16,30,36H,1H3,(H,39,40,41)(H,42,43,44);/q;+1/p-1. The molecule has 0 aliphatic heterocycles. The first-order chi connectivity index (χ1) is 21.7. The van der Waals surface area contributed by atoms with Crippen molar-refractivity contribution in [2.24, 2.45) is 20.5 Å². The van der Waals surface area contributed by atoms with E-state index in [0.717, 1.165) is 12.1 Å². The molecule has 0 bridgehead atoms. The molecule has 18 heteroatoms. The fourth-order valence-electron chi connectivity index (χ4n) is 4.26. The number of phenolic OH excluding ortho intramolecular Hbond substituents is 1. The minimum Gasteiger partial charge on any atom is -0.744 e. The first kappa shape index (κ1) is 35.2. The number of hydrogen-bond acceptors (Lipinski definition) is 13. The maximum absolute atomic E-state index is 11.9. The van der Waals surface area contributed by atoms with Gasteiger partial charge in [0, 0.05) is 28.6 Å². The van der Waals surface area contributed by atoms with Gasteiger partial charge in [0.1, 0.15) is 15.9 Å². The molecule has 0 saturated carbocycles. The third-order valence-electron chi connectivity index (χ3n) is 6.56. The van der Waals surface area contributed by atoms with Crippen LogP contribution in [0.3, 0.4) is 0 Å². The molecule has 3 N–H and O–H groups in total. The number of hydrogen-bond donors (Lipinski definition) is 3. The molecule has 0 unspecified atom stereocenters. The van der Waals surface area contributed by atoms with Gasteiger partial charge in [-0.15, -0.1) is 10.2 Å². The Hall–Kier alpha value is -4.62. The third kappa shape index (κ3) is 8.40. The quantitative estimate of drug-likeness (QED) is 0.0646. The van der Waals surface area contributed by atoms with E-state index in [-0.39, 0.29) is 51.6 Å². The van der Waals surface area contributed by atoms with Crippen LogP contribution in [0.1, 0.15) is 5.56 Å². The molecule has 0 aliphatic rings. The van der Waals surface area contributed by atoms with E-state index in [2.05, 4.69) is 25.8 Å². The van der Waals surface area contributed by atoms with Gasteiger partial charge >= 0.3 is 29.6 Å². The summed E-state index contributed by atoms with van der Waals surface area (Å²) in [5, 5.41) is 41.1. The number of anilines is 2. The SMILES string of the molecule is Cc1cc(N=Nc2ccc(N=Nc3ccc(Nc4ccc([N+](=O)[O-])cc4S(=O)(=O)[O-])cc3)c3cc(S(=O)(=O)O)ccc23)ccc1O.[Na+]. The Morgan fingerprint density at radius 1 is 0.745 bits per heavy atom. The second kappa shape index (κ2) is 14.0. The van der Waals surface area contributed by atoms with Crippen LogP contribution in [0, 0.1) is 17.0 Å². The van der Waals surface area contributed by atoms with Gasteiger partial charge in [-0.25, -0.2) is 8.42 Å². The average Bonchev–Trinajstić information content (AvgIpc) is 3.00. The van der Waals surface area contributed by atoms with Crippen LogP contribution in [0.2, 0.25) is 0 Å². The topological polar surface area (TPSA) is 236 Å². The number of nitrogens with zero attached hydrogens (tertiary/aromatic N) is 5. The molecule has 0 amide bonds. The van der Waals surface area contributed by atoms with Crippen molar-refractivity contribution in [3.8, 4) is 5.75 Å². The number of phenols is 1. The summed E-state index contributed by atoms with van der Waals surface area (Å²) in [6.07, 6.45) is 0. The number of nitro benzene ring substituents is 1. The Morgan fingerprint density at radius 3 is 1.96 bits per heavy atom. The summed E-state index contributed by atoms with van der Waals surface area (Å²) in [7, 11) is -9.59. The minimum absolute atomic E-state index is 0. The zero-order valence-corrected chi connectivity index (χ0v) is 28.1. The van der Waals surface area contributed by atoms with Crippen LogP contribution in [0.5, 0.6) is 5.75 Å². The van der Waals surface area contributed by atoms with Crippen molar-refractivity contribution in [3.05, 3.63) is 107 Å². The van der Waals surface area contributed by atoms with Crippen molar-refractivity contribution in [2.45, 2.75) is 16.7 Å². The number of aromatic hydroxyl groups is 1. The number of rotatable bonds is 9. The first-order valence-corrected chi connectivity index (χ1v) is 15.8. The summed E-state index contributed by atoms with van der Waals surface area (Å²) in [6.45, 7) is 1.71. The van der Waals surface area contributed by atoms with Crippen molar-refractivity contribution >= 4 is 70.8 Å². The maximum Gasteiger partial charge on any atom is 1.00 e. The van der Waals surface area contributed by atoms with Crippen LogP contribution in [-0.4, -0.2) is 36.0 Å². The summed E-state index contributed by atoms with van der Waals surface area (Å²) < 4.78 is 68.4. The summed E-state index contributed by atoms with van der Waals surface area (Å²) in [5.74, 6) is 0.107. The Kier molecular flexibility index (Phi) is 10.5. The van der Waals surface area contributed by atoms with E-state index in [1.807, 2.05) is 0 Å². The zero-order chi connectivity index (χ0) is 33.2. The van der Waals surface area contributed by atoms with Crippen LogP contribution in [0.25, 0.3) is 10.8 Å². The molecule has 0 spiro atoms. The molecule has 47 heavy (non-hydrogen) atoms. The van der Waals surface area contributed by atoms with E-state index >= 15 is 0 Å². The second-order valence-corrected chi connectivity index (χ2v) is 12.5. The van der Waals surface area contributed by atoms with Gasteiger partial charge in [0.2, 0.25) is 0 Å². The smallest absolute Gasteiger partial charge is 0.744 e. The number of benzene rings is 5. The number of fused-ring (bicyclic) bond motifs is 1. The van der Waals surface area contributed by atoms with Gasteiger partial charge in [-0.2, -0.15) is 18.6 Å². The predicted molar refractivity (Wildman–Crippen MR) is 166 cm³/mol. The number of nitrogens with one attached hydrogen (secondary N) is 1. The molecule has 0 aromatic heterocycles. The van der Waals surface area contributed by atoms with E-state index in [0.29, 0.717) is 45.2 Å². The van der Waals surface area contributed by atoms with Crippen LogP contribution >= 0.6 is 0 Å².